The van der Waals surface area contributed by atoms with Gasteiger partial charge in [-0.2, -0.15) is 0 Å². The molecule has 0 aliphatic rings. The molecule has 4 nitrogen and oxygen atoms in total. The van der Waals surface area contributed by atoms with Crippen LogP contribution in [0, 0.1) is 0 Å². The number of carbonyl (C=O) groups is 1. The average Bonchev–Trinajstić information content (AvgIpc) is 2.36. The number of anilines is 1. The summed E-state index contributed by atoms with van der Waals surface area (Å²) in [6.07, 6.45) is 1.52. The largest absolute Gasteiger partial charge is 0.319 e. The van der Waals surface area contributed by atoms with Gasteiger partial charge in [-0.25, -0.2) is 0 Å². The van der Waals surface area contributed by atoms with E-state index in [0.29, 0.717) is 20.2 Å². The molecule has 1 aromatic heterocycles. The fraction of sp³-hybridized carbons (Fsp3) is 0.0769. The Morgan fingerprint density at radius 3 is 2.40 bits per heavy atom. The lowest BCUT2D eigenvalue weighted by Gasteiger charge is -2.10. The molecule has 0 atom stereocenters. The summed E-state index contributed by atoms with van der Waals surface area (Å²) < 4.78 is 2.08. The first kappa shape index (κ1) is 15.1. The Bertz CT molecular complexity index is 720. The predicted octanol–water partition coefficient (Wildman–Crippen LogP) is 3.71. The molecule has 0 unspecified atom stereocenters. The van der Waals surface area contributed by atoms with Crippen molar-refractivity contribution in [3.05, 3.63) is 60.9 Å². The van der Waals surface area contributed by atoms with Crippen LogP contribution in [0.5, 0.6) is 0 Å². The van der Waals surface area contributed by atoms with E-state index < -0.39 is 5.91 Å². The SMILES string of the molecule is Cn1ccc(C(=O)Nc2c(Cl)cc(Br)cc2Cl)cc1=O. The van der Waals surface area contributed by atoms with E-state index >= 15 is 0 Å². The third-order valence-electron chi connectivity index (χ3n) is 2.61. The molecule has 20 heavy (non-hydrogen) atoms. The maximum absolute atomic E-state index is 12.1. The summed E-state index contributed by atoms with van der Waals surface area (Å²) in [4.78, 5) is 23.6. The van der Waals surface area contributed by atoms with Gasteiger partial charge in [0.25, 0.3) is 11.5 Å². The lowest BCUT2D eigenvalue weighted by molar-refractivity contribution is 0.102. The van der Waals surface area contributed by atoms with E-state index in [1.54, 1.807) is 19.2 Å². The van der Waals surface area contributed by atoms with Crippen molar-refractivity contribution in [2.24, 2.45) is 7.05 Å². The van der Waals surface area contributed by atoms with E-state index in [2.05, 4.69) is 21.2 Å². The van der Waals surface area contributed by atoms with E-state index in [0.717, 1.165) is 0 Å². The highest BCUT2D eigenvalue weighted by atomic mass is 79.9. The molecule has 1 heterocycles. The van der Waals surface area contributed by atoms with Gasteiger partial charge in [0.1, 0.15) is 0 Å². The van der Waals surface area contributed by atoms with E-state index in [4.69, 9.17) is 23.2 Å². The number of hydrogen-bond acceptors (Lipinski definition) is 2. The minimum Gasteiger partial charge on any atom is -0.319 e. The number of amides is 1. The zero-order valence-corrected chi connectivity index (χ0v) is 13.4. The minimum atomic E-state index is -0.450. The molecule has 0 bridgehead atoms. The minimum absolute atomic E-state index is 0.239. The Labute approximate surface area is 133 Å². The zero-order chi connectivity index (χ0) is 14.9. The van der Waals surface area contributed by atoms with Crippen LogP contribution in [0.25, 0.3) is 0 Å². The maximum Gasteiger partial charge on any atom is 0.255 e. The third kappa shape index (κ3) is 3.23. The Morgan fingerprint density at radius 2 is 1.85 bits per heavy atom. The molecule has 1 aromatic carbocycles. The van der Waals surface area contributed by atoms with Gasteiger partial charge >= 0.3 is 0 Å². The summed E-state index contributed by atoms with van der Waals surface area (Å²) in [5.41, 5.74) is 0.274. The number of nitrogens with one attached hydrogen (secondary N) is 1. The molecular formula is C13H9BrCl2N2O2. The molecule has 1 amide bonds. The van der Waals surface area contributed by atoms with Gasteiger partial charge in [-0.3, -0.25) is 9.59 Å². The second kappa shape index (κ2) is 5.99. The van der Waals surface area contributed by atoms with Crippen LogP contribution in [0.15, 0.2) is 39.7 Å². The number of pyridine rings is 1. The molecule has 0 spiro atoms. The van der Waals surface area contributed by atoms with Crippen molar-refractivity contribution in [1.82, 2.24) is 4.57 Å². The normalized spacial score (nSPS) is 10.4. The van der Waals surface area contributed by atoms with Crippen molar-refractivity contribution < 1.29 is 4.79 Å². The molecule has 0 saturated carbocycles. The number of aromatic nitrogens is 1. The van der Waals surface area contributed by atoms with Crippen molar-refractivity contribution in [3.8, 4) is 0 Å². The van der Waals surface area contributed by atoms with Gasteiger partial charge in [-0.15, -0.1) is 0 Å². The van der Waals surface area contributed by atoms with Crippen molar-refractivity contribution in [2.75, 3.05) is 5.32 Å². The molecular weight excluding hydrogens is 367 g/mol. The Kier molecular flexibility index (Phi) is 4.52. The fourth-order valence-electron chi connectivity index (χ4n) is 1.54. The van der Waals surface area contributed by atoms with Crippen LogP contribution in [0.2, 0.25) is 10.0 Å². The number of aryl methyl sites for hydroxylation is 1. The number of halogens is 3. The molecule has 7 heteroatoms. The van der Waals surface area contributed by atoms with Crippen LogP contribution in [-0.4, -0.2) is 10.5 Å². The topological polar surface area (TPSA) is 51.1 Å². The first-order valence-corrected chi connectivity index (χ1v) is 7.06. The van der Waals surface area contributed by atoms with Crippen LogP contribution in [-0.2, 0) is 7.05 Å². The summed E-state index contributed by atoms with van der Waals surface area (Å²) in [5.74, 6) is -0.450. The summed E-state index contributed by atoms with van der Waals surface area (Å²) in [5, 5.41) is 3.21. The van der Waals surface area contributed by atoms with Crippen molar-refractivity contribution in [3.63, 3.8) is 0 Å². The van der Waals surface area contributed by atoms with Crippen molar-refractivity contribution >= 4 is 50.7 Å². The highest BCUT2D eigenvalue weighted by Gasteiger charge is 2.13. The molecule has 1 N–H and O–H groups in total. The van der Waals surface area contributed by atoms with E-state index in [-0.39, 0.29) is 11.1 Å². The highest BCUT2D eigenvalue weighted by Crippen LogP contribution is 2.33. The number of rotatable bonds is 2. The highest BCUT2D eigenvalue weighted by molar-refractivity contribution is 9.10. The maximum atomic E-state index is 12.1. The zero-order valence-electron chi connectivity index (χ0n) is 10.3. The summed E-state index contributed by atoms with van der Waals surface area (Å²) in [6, 6.07) is 6.02. The van der Waals surface area contributed by atoms with Crippen LogP contribution < -0.4 is 10.9 Å². The molecule has 104 valence electrons. The Hall–Kier alpha value is -1.30. The molecule has 2 rings (SSSR count). The second-order valence-electron chi connectivity index (χ2n) is 4.06. The number of hydrogen-bond donors (Lipinski definition) is 1. The number of nitrogens with zero attached hydrogens (tertiary/aromatic N) is 1. The molecule has 0 fully saturated rings. The number of benzene rings is 1. The Balaban J connectivity index is 2.32. The molecule has 0 aliphatic carbocycles. The standard InChI is InChI=1S/C13H9BrCl2N2O2/c1-18-3-2-7(4-11(18)19)13(20)17-12-9(15)5-8(14)6-10(12)16/h2-6H,1H3,(H,17,20). The van der Waals surface area contributed by atoms with Gasteiger partial charge in [-0.1, -0.05) is 39.1 Å². The molecule has 0 saturated heterocycles. The van der Waals surface area contributed by atoms with Crippen LogP contribution in [0.4, 0.5) is 5.69 Å². The van der Waals surface area contributed by atoms with Gasteiger partial charge in [0.15, 0.2) is 0 Å². The van der Waals surface area contributed by atoms with Crippen molar-refractivity contribution in [2.45, 2.75) is 0 Å². The van der Waals surface area contributed by atoms with Crippen LogP contribution in [0.1, 0.15) is 10.4 Å². The van der Waals surface area contributed by atoms with Gasteiger partial charge in [-0.05, 0) is 18.2 Å². The molecule has 2 aromatic rings. The second-order valence-corrected chi connectivity index (χ2v) is 5.79. The van der Waals surface area contributed by atoms with E-state index in [1.165, 1.54) is 22.9 Å². The van der Waals surface area contributed by atoms with E-state index in [9.17, 15) is 9.59 Å². The monoisotopic (exact) mass is 374 g/mol. The van der Waals surface area contributed by atoms with Crippen LogP contribution >= 0.6 is 39.1 Å². The Morgan fingerprint density at radius 1 is 1.25 bits per heavy atom. The fourth-order valence-corrected chi connectivity index (χ4v) is 2.84. The quantitative estimate of drug-likeness (QED) is 0.869. The smallest absolute Gasteiger partial charge is 0.255 e. The summed E-state index contributed by atoms with van der Waals surface area (Å²) in [7, 11) is 1.60. The average molecular weight is 376 g/mol. The first-order chi connectivity index (χ1) is 9.38. The van der Waals surface area contributed by atoms with Crippen LogP contribution in [0.3, 0.4) is 0 Å². The lowest BCUT2D eigenvalue weighted by atomic mass is 10.2. The summed E-state index contributed by atoms with van der Waals surface area (Å²) in [6.45, 7) is 0. The van der Waals surface area contributed by atoms with E-state index in [1.807, 2.05) is 0 Å². The summed E-state index contributed by atoms with van der Waals surface area (Å²) >= 11 is 15.3. The molecule has 0 aliphatic heterocycles. The van der Waals surface area contributed by atoms with Crippen molar-refractivity contribution in [1.29, 1.82) is 0 Å². The first-order valence-electron chi connectivity index (χ1n) is 5.51. The lowest BCUT2D eigenvalue weighted by Crippen LogP contribution is -2.20. The van der Waals surface area contributed by atoms with Gasteiger partial charge in [0.05, 0.1) is 15.7 Å². The van der Waals surface area contributed by atoms with Gasteiger partial charge in [0, 0.05) is 29.3 Å². The predicted molar refractivity (Wildman–Crippen MR) is 83.8 cm³/mol. The van der Waals surface area contributed by atoms with Gasteiger partial charge < -0.3 is 9.88 Å². The third-order valence-corrected chi connectivity index (χ3v) is 3.67. The molecule has 0 radical (unpaired) electrons. The number of carbonyl (C=O) groups excluding carboxylic acids is 1. The van der Waals surface area contributed by atoms with Gasteiger partial charge in [0.2, 0.25) is 0 Å².